The van der Waals surface area contributed by atoms with E-state index < -0.39 is 21.5 Å². The summed E-state index contributed by atoms with van der Waals surface area (Å²) >= 11 is 0. The molecule has 2 unspecified atom stereocenters. The molecule has 0 fully saturated rings. The van der Waals surface area contributed by atoms with Crippen LogP contribution in [0.3, 0.4) is 0 Å². The zero-order chi connectivity index (χ0) is 21.8. The van der Waals surface area contributed by atoms with Crippen molar-refractivity contribution in [2.75, 3.05) is 0 Å². The zero-order valence-electron chi connectivity index (χ0n) is 20.4. The second-order valence-electron chi connectivity index (χ2n) is 8.83. The summed E-state index contributed by atoms with van der Waals surface area (Å²) < 4.78 is 34.7. The van der Waals surface area contributed by atoms with Crippen molar-refractivity contribution in [1.82, 2.24) is 0 Å². The van der Waals surface area contributed by atoms with Gasteiger partial charge in [0.2, 0.25) is 0 Å². The van der Waals surface area contributed by atoms with Gasteiger partial charge in [0.05, 0.1) is 11.4 Å². The Bertz CT molecular complexity index is 442. The fourth-order valence-electron chi connectivity index (χ4n) is 4.04. The molecule has 0 rings (SSSR count). The molecule has 30 heavy (non-hydrogen) atoms. The minimum absolute atomic E-state index is 0. The molecule has 0 heterocycles. The van der Waals surface area contributed by atoms with E-state index in [-0.39, 0.29) is 29.6 Å². The van der Waals surface area contributed by atoms with Crippen LogP contribution in [0.15, 0.2) is 0 Å². The third-order valence-corrected chi connectivity index (χ3v) is 7.29. The van der Waals surface area contributed by atoms with Gasteiger partial charge in [-0.1, -0.05) is 129 Å². The molecule has 6 heteroatoms. The summed E-state index contributed by atoms with van der Waals surface area (Å²) in [6.45, 7) is 4.41. The Morgan fingerprint density at radius 2 is 0.900 bits per heavy atom. The summed E-state index contributed by atoms with van der Waals surface area (Å²) in [4.78, 5) is 0. The summed E-state index contributed by atoms with van der Waals surface area (Å²) in [5.74, 6) is 0. The first kappa shape index (κ1) is 33.0. The molecule has 0 aliphatic rings. The van der Waals surface area contributed by atoms with Crippen LogP contribution < -0.4 is 29.6 Å². The molecule has 0 aromatic heterocycles. The number of hydrogen-bond acceptors (Lipinski definition) is 4. The third-order valence-electron chi connectivity index (χ3n) is 6.00. The molecular weight excluding hydrogens is 407 g/mol. The molecule has 0 saturated heterocycles. The van der Waals surface area contributed by atoms with Gasteiger partial charge in [0.25, 0.3) is 0 Å². The number of hydrogen-bond donors (Lipinski definition) is 1. The average Bonchev–Trinajstić information content (AvgIpc) is 2.67. The predicted molar refractivity (Wildman–Crippen MR) is 123 cm³/mol. The Balaban J connectivity index is 0. The largest absolute Gasteiger partial charge is 1.00 e. The van der Waals surface area contributed by atoms with Crippen LogP contribution in [0.5, 0.6) is 0 Å². The smallest absolute Gasteiger partial charge is 0.748 e. The molecule has 4 nitrogen and oxygen atoms in total. The fraction of sp³-hybridized carbons (Fsp3) is 1.00. The number of unbranched alkanes of at least 4 members (excludes halogenated alkanes) is 16. The van der Waals surface area contributed by atoms with Crippen molar-refractivity contribution in [2.45, 2.75) is 154 Å². The van der Waals surface area contributed by atoms with Crippen molar-refractivity contribution >= 4 is 10.1 Å². The maximum atomic E-state index is 11.6. The minimum atomic E-state index is -4.43. The van der Waals surface area contributed by atoms with Gasteiger partial charge in [-0.2, -0.15) is 0 Å². The number of aliphatic hydroxyl groups is 1. The fourth-order valence-corrected chi connectivity index (χ4v) is 5.01. The van der Waals surface area contributed by atoms with E-state index in [2.05, 4.69) is 13.8 Å². The average molecular weight is 457 g/mol. The summed E-state index contributed by atoms with van der Waals surface area (Å²) in [6, 6.07) is 0. The standard InChI is InChI=1S/C24H50O4S.Na/c1-3-5-7-9-11-12-13-14-15-16-18-20-22-24(29(26,27)28)23(25)21-19-17-10-8-6-4-2;/h23-25H,3-22H2,1-2H3,(H,26,27,28);/q;+1/p-1. The molecule has 0 spiro atoms. The van der Waals surface area contributed by atoms with Crippen molar-refractivity contribution in [2.24, 2.45) is 0 Å². The van der Waals surface area contributed by atoms with Gasteiger partial charge in [-0.05, 0) is 12.8 Å². The monoisotopic (exact) mass is 456 g/mol. The topological polar surface area (TPSA) is 77.4 Å². The third kappa shape index (κ3) is 20.8. The van der Waals surface area contributed by atoms with Crippen molar-refractivity contribution in [3.05, 3.63) is 0 Å². The van der Waals surface area contributed by atoms with Crippen molar-refractivity contribution in [3.8, 4) is 0 Å². The summed E-state index contributed by atoms with van der Waals surface area (Å²) in [5, 5.41) is 9.12. The van der Waals surface area contributed by atoms with Gasteiger partial charge in [-0.25, -0.2) is 8.42 Å². The van der Waals surface area contributed by atoms with Crippen LogP contribution >= 0.6 is 0 Å². The van der Waals surface area contributed by atoms with E-state index in [1.54, 1.807) is 0 Å². The summed E-state index contributed by atoms with van der Waals surface area (Å²) in [5.41, 5.74) is 0. The Morgan fingerprint density at radius 1 is 0.600 bits per heavy atom. The second-order valence-corrected chi connectivity index (χ2v) is 10.4. The normalized spacial score (nSPS) is 13.7. The van der Waals surface area contributed by atoms with E-state index in [1.807, 2.05) is 0 Å². The van der Waals surface area contributed by atoms with Crippen molar-refractivity contribution in [1.29, 1.82) is 0 Å². The van der Waals surface area contributed by atoms with E-state index in [4.69, 9.17) is 0 Å². The maximum absolute atomic E-state index is 11.6. The van der Waals surface area contributed by atoms with Crippen LogP contribution in [0.25, 0.3) is 0 Å². The number of aliphatic hydroxyl groups excluding tert-OH is 1. The van der Waals surface area contributed by atoms with Crippen LogP contribution in [0.4, 0.5) is 0 Å². The Kier molecular flexibility index (Phi) is 25.4. The quantitative estimate of drug-likeness (QED) is 0.151. The first-order valence-corrected chi connectivity index (χ1v) is 14.0. The Morgan fingerprint density at radius 3 is 1.23 bits per heavy atom. The molecule has 0 aromatic rings. The van der Waals surface area contributed by atoms with Crippen LogP contribution in [0, 0.1) is 0 Å². The SMILES string of the molecule is CCCCCCCCCCCCCCC(C(O)CCCCCCCC)S(=O)(=O)[O-].[Na+]. The molecule has 0 aliphatic heterocycles. The van der Waals surface area contributed by atoms with Gasteiger partial charge in [0, 0.05) is 0 Å². The van der Waals surface area contributed by atoms with Crippen LogP contribution in [0.2, 0.25) is 0 Å². The van der Waals surface area contributed by atoms with Crippen LogP contribution in [-0.2, 0) is 10.1 Å². The van der Waals surface area contributed by atoms with Crippen molar-refractivity contribution in [3.63, 3.8) is 0 Å². The van der Waals surface area contributed by atoms with E-state index in [9.17, 15) is 18.1 Å². The van der Waals surface area contributed by atoms with E-state index in [0.717, 1.165) is 38.5 Å². The second kappa shape index (κ2) is 23.0. The molecule has 0 saturated carbocycles. The molecule has 2 atom stereocenters. The molecule has 0 aliphatic carbocycles. The summed E-state index contributed by atoms with van der Waals surface area (Å²) in [7, 11) is -4.43. The van der Waals surface area contributed by atoms with Gasteiger partial charge in [0.1, 0.15) is 10.1 Å². The Labute approximate surface area is 210 Å². The molecule has 176 valence electrons. The molecule has 0 radical (unpaired) electrons. The van der Waals surface area contributed by atoms with Crippen LogP contribution in [-0.4, -0.2) is 29.4 Å². The van der Waals surface area contributed by atoms with Gasteiger partial charge in [-0.3, -0.25) is 0 Å². The maximum Gasteiger partial charge on any atom is 1.00 e. The van der Waals surface area contributed by atoms with Crippen molar-refractivity contribution < 1.29 is 47.6 Å². The van der Waals surface area contributed by atoms with Gasteiger partial charge in [-0.15, -0.1) is 0 Å². The van der Waals surface area contributed by atoms with Crippen LogP contribution in [0.1, 0.15) is 142 Å². The minimum Gasteiger partial charge on any atom is -0.748 e. The molecular formula is C24H49NaO4S. The van der Waals surface area contributed by atoms with Gasteiger partial charge >= 0.3 is 29.6 Å². The number of rotatable bonds is 22. The molecule has 0 amide bonds. The molecule has 0 bridgehead atoms. The predicted octanol–water partition coefficient (Wildman–Crippen LogP) is 4.11. The van der Waals surface area contributed by atoms with E-state index in [0.29, 0.717) is 12.8 Å². The zero-order valence-corrected chi connectivity index (χ0v) is 23.2. The van der Waals surface area contributed by atoms with Gasteiger partial charge in [0.15, 0.2) is 0 Å². The molecule has 1 N–H and O–H groups in total. The van der Waals surface area contributed by atoms with E-state index >= 15 is 0 Å². The van der Waals surface area contributed by atoms with E-state index in [1.165, 1.54) is 77.0 Å². The Hall–Kier alpha value is 0.870. The first-order valence-electron chi connectivity index (χ1n) is 12.6. The molecule has 0 aromatic carbocycles. The summed E-state index contributed by atoms with van der Waals surface area (Å²) in [6.07, 6.45) is 20.8. The first-order chi connectivity index (χ1) is 13.9. The van der Waals surface area contributed by atoms with Gasteiger partial charge < -0.3 is 9.66 Å².